The third-order valence-corrected chi connectivity index (χ3v) is 4.37. The van der Waals surface area contributed by atoms with Gasteiger partial charge in [0.25, 0.3) is 0 Å². The summed E-state index contributed by atoms with van der Waals surface area (Å²) in [7, 11) is 1.79. The molecule has 1 aliphatic carbocycles. The van der Waals surface area contributed by atoms with E-state index in [2.05, 4.69) is 11.8 Å². The fourth-order valence-electron chi connectivity index (χ4n) is 3.05. The van der Waals surface area contributed by atoms with Crippen molar-refractivity contribution in [2.24, 2.45) is 10.7 Å². The zero-order valence-corrected chi connectivity index (χ0v) is 11.8. The molecule has 4 heteroatoms. The maximum atomic E-state index is 6.18. The largest absolute Gasteiger partial charge is 0.377 e. The lowest BCUT2D eigenvalue weighted by atomic mass is 9.94. The van der Waals surface area contributed by atoms with Gasteiger partial charge in [-0.3, -0.25) is 0 Å². The molecule has 0 amide bonds. The number of aliphatic imine (C=N–C) groups is 1. The molecule has 1 saturated heterocycles. The van der Waals surface area contributed by atoms with Crippen LogP contribution in [0.25, 0.3) is 0 Å². The van der Waals surface area contributed by atoms with E-state index in [1.165, 1.54) is 32.1 Å². The highest BCUT2D eigenvalue weighted by Gasteiger charge is 2.31. The van der Waals surface area contributed by atoms with Crippen molar-refractivity contribution >= 4 is 5.96 Å². The lowest BCUT2D eigenvalue weighted by Gasteiger charge is -2.40. The predicted molar refractivity (Wildman–Crippen MR) is 74.7 cm³/mol. The van der Waals surface area contributed by atoms with Crippen LogP contribution >= 0.6 is 0 Å². The molecule has 0 aromatic heterocycles. The molecule has 2 aliphatic rings. The summed E-state index contributed by atoms with van der Waals surface area (Å²) < 4.78 is 5.60. The quantitative estimate of drug-likeness (QED) is 0.606. The summed E-state index contributed by atoms with van der Waals surface area (Å²) in [6.07, 6.45) is 8.61. The molecule has 104 valence electrons. The molecule has 18 heavy (non-hydrogen) atoms. The van der Waals surface area contributed by atoms with E-state index in [1.54, 1.807) is 7.11 Å². The molecular formula is C14H27N3O. The zero-order valence-electron chi connectivity index (χ0n) is 11.8. The summed E-state index contributed by atoms with van der Waals surface area (Å²) in [5.41, 5.74) is 6.11. The van der Waals surface area contributed by atoms with Crippen LogP contribution in [-0.2, 0) is 4.74 Å². The van der Waals surface area contributed by atoms with Crippen LogP contribution in [0.2, 0.25) is 0 Å². The fourth-order valence-corrected chi connectivity index (χ4v) is 3.05. The summed E-state index contributed by atoms with van der Waals surface area (Å²) in [6, 6.07) is 0.453. The second kappa shape index (κ2) is 5.91. The molecule has 0 aromatic rings. The van der Waals surface area contributed by atoms with E-state index >= 15 is 0 Å². The van der Waals surface area contributed by atoms with Crippen molar-refractivity contribution < 1.29 is 4.74 Å². The first-order valence-electron chi connectivity index (χ1n) is 7.26. The minimum absolute atomic E-state index is 0.0645. The summed E-state index contributed by atoms with van der Waals surface area (Å²) in [5.74, 6) is 0.727. The predicted octanol–water partition coefficient (Wildman–Crippen LogP) is 2.13. The zero-order chi connectivity index (χ0) is 13.0. The van der Waals surface area contributed by atoms with Crippen molar-refractivity contribution in [3.8, 4) is 0 Å². The van der Waals surface area contributed by atoms with Gasteiger partial charge in [0.2, 0.25) is 0 Å². The van der Waals surface area contributed by atoms with Crippen LogP contribution in [0.5, 0.6) is 0 Å². The Bertz CT molecular complexity index is 299. The Balaban J connectivity index is 1.94. The Hall–Kier alpha value is -0.770. The Morgan fingerprint density at radius 2 is 2.00 bits per heavy atom. The number of hydrogen-bond acceptors (Lipinski definition) is 2. The van der Waals surface area contributed by atoms with Crippen LogP contribution in [0.3, 0.4) is 0 Å². The third-order valence-electron chi connectivity index (χ3n) is 4.37. The van der Waals surface area contributed by atoms with Crippen LogP contribution in [0.4, 0.5) is 0 Å². The van der Waals surface area contributed by atoms with Crippen molar-refractivity contribution in [3.63, 3.8) is 0 Å². The molecule has 0 radical (unpaired) electrons. The molecule has 0 bridgehead atoms. The Morgan fingerprint density at radius 3 is 2.67 bits per heavy atom. The van der Waals surface area contributed by atoms with Crippen molar-refractivity contribution in [2.75, 3.05) is 20.2 Å². The van der Waals surface area contributed by atoms with Gasteiger partial charge in [-0.15, -0.1) is 0 Å². The number of piperidine rings is 1. The highest BCUT2D eigenvalue weighted by atomic mass is 16.5. The third kappa shape index (κ3) is 3.37. The smallest absolute Gasteiger partial charge is 0.191 e. The van der Waals surface area contributed by atoms with Gasteiger partial charge in [0.05, 0.1) is 11.6 Å². The van der Waals surface area contributed by atoms with Crippen LogP contribution < -0.4 is 5.73 Å². The molecule has 1 aliphatic heterocycles. The van der Waals surface area contributed by atoms with E-state index in [0.717, 1.165) is 31.9 Å². The van der Waals surface area contributed by atoms with Crippen LogP contribution in [0.1, 0.15) is 51.9 Å². The molecule has 2 N–H and O–H groups in total. The molecule has 2 rings (SSSR count). The maximum absolute atomic E-state index is 6.18. The molecule has 0 aromatic carbocycles. The van der Waals surface area contributed by atoms with Gasteiger partial charge in [-0.1, -0.05) is 19.3 Å². The monoisotopic (exact) mass is 253 g/mol. The molecule has 1 atom stereocenters. The van der Waals surface area contributed by atoms with Gasteiger partial charge < -0.3 is 15.4 Å². The molecule has 4 nitrogen and oxygen atoms in total. The lowest BCUT2D eigenvalue weighted by Crippen LogP contribution is -2.52. The van der Waals surface area contributed by atoms with Crippen LogP contribution in [-0.4, -0.2) is 42.7 Å². The SMILES string of the molecule is COC1(C)CCCN(C(N)=NC2CCCCC2)C1. The number of guanidine groups is 1. The molecule has 0 spiro atoms. The van der Waals surface area contributed by atoms with E-state index in [1.807, 2.05) is 0 Å². The number of hydrogen-bond donors (Lipinski definition) is 1. The summed E-state index contributed by atoms with van der Waals surface area (Å²) in [4.78, 5) is 6.92. The first-order valence-corrected chi connectivity index (χ1v) is 7.26. The molecule has 1 heterocycles. The standard InChI is InChI=1S/C14H27N3O/c1-14(18-2)9-6-10-17(11-14)13(15)16-12-7-4-3-5-8-12/h12H,3-11H2,1-2H3,(H2,15,16). The van der Waals surface area contributed by atoms with E-state index in [4.69, 9.17) is 15.5 Å². The Morgan fingerprint density at radius 1 is 1.28 bits per heavy atom. The van der Waals surface area contributed by atoms with Gasteiger partial charge in [0, 0.05) is 20.2 Å². The van der Waals surface area contributed by atoms with E-state index in [0.29, 0.717) is 6.04 Å². The average Bonchev–Trinajstić information content (AvgIpc) is 2.40. The number of likely N-dealkylation sites (tertiary alicyclic amines) is 1. The second-order valence-corrected chi connectivity index (χ2v) is 5.96. The van der Waals surface area contributed by atoms with E-state index in [9.17, 15) is 0 Å². The number of ether oxygens (including phenoxy) is 1. The highest BCUT2D eigenvalue weighted by Crippen LogP contribution is 2.24. The Labute approximate surface area is 111 Å². The number of nitrogens with two attached hydrogens (primary N) is 1. The molecule has 2 fully saturated rings. The summed E-state index contributed by atoms with van der Waals surface area (Å²) in [5, 5.41) is 0. The van der Waals surface area contributed by atoms with Crippen LogP contribution in [0, 0.1) is 0 Å². The Kier molecular flexibility index (Phi) is 4.49. The van der Waals surface area contributed by atoms with E-state index in [-0.39, 0.29) is 5.60 Å². The first-order chi connectivity index (χ1) is 8.63. The minimum atomic E-state index is -0.0645. The molecule has 1 saturated carbocycles. The van der Waals surface area contributed by atoms with Crippen molar-refractivity contribution in [1.82, 2.24) is 4.90 Å². The molecular weight excluding hydrogens is 226 g/mol. The minimum Gasteiger partial charge on any atom is -0.377 e. The van der Waals surface area contributed by atoms with Gasteiger partial charge >= 0.3 is 0 Å². The van der Waals surface area contributed by atoms with Gasteiger partial charge in [-0.2, -0.15) is 0 Å². The summed E-state index contributed by atoms with van der Waals surface area (Å²) >= 11 is 0. The van der Waals surface area contributed by atoms with Crippen molar-refractivity contribution in [3.05, 3.63) is 0 Å². The summed E-state index contributed by atoms with van der Waals surface area (Å²) in [6.45, 7) is 4.04. The van der Waals surface area contributed by atoms with Crippen molar-refractivity contribution in [1.29, 1.82) is 0 Å². The normalized spacial score (nSPS) is 31.7. The van der Waals surface area contributed by atoms with Gasteiger partial charge in [-0.05, 0) is 32.6 Å². The number of methoxy groups -OCH3 is 1. The average molecular weight is 253 g/mol. The highest BCUT2D eigenvalue weighted by molar-refractivity contribution is 5.78. The fraction of sp³-hybridized carbons (Fsp3) is 0.929. The van der Waals surface area contributed by atoms with Crippen LogP contribution in [0.15, 0.2) is 4.99 Å². The van der Waals surface area contributed by atoms with Crippen molar-refractivity contribution in [2.45, 2.75) is 63.5 Å². The van der Waals surface area contributed by atoms with Gasteiger partial charge in [0.1, 0.15) is 0 Å². The van der Waals surface area contributed by atoms with E-state index < -0.39 is 0 Å². The lowest BCUT2D eigenvalue weighted by molar-refractivity contribution is -0.0352. The number of nitrogens with zero attached hydrogens (tertiary/aromatic N) is 2. The number of rotatable bonds is 2. The molecule has 1 unspecified atom stereocenters. The first kappa shape index (κ1) is 13.7. The van der Waals surface area contributed by atoms with Gasteiger partial charge in [-0.25, -0.2) is 4.99 Å². The maximum Gasteiger partial charge on any atom is 0.191 e. The van der Waals surface area contributed by atoms with Gasteiger partial charge in [0.15, 0.2) is 5.96 Å². The second-order valence-electron chi connectivity index (χ2n) is 5.96. The topological polar surface area (TPSA) is 50.9 Å².